The Balaban J connectivity index is 1.40. The van der Waals surface area contributed by atoms with Crippen LogP contribution in [0.2, 0.25) is 0 Å². The summed E-state index contributed by atoms with van der Waals surface area (Å²) in [6.45, 7) is 3.93. The fourth-order valence-electron chi connectivity index (χ4n) is 3.39. The number of hydrogen-bond acceptors (Lipinski definition) is 7. The molecule has 1 aliphatic rings. The second-order valence-corrected chi connectivity index (χ2v) is 8.83. The number of nitrogens with one attached hydrogen (secondary N) is 1. The van der Waals surface area contributed by atoms with Gasteiger partial charge in [-0.2, -0.15) is 5.10 Å². The molecular weight excluding hydrogens is 483 g/mol. The first kappa shape index (κ1) is 24.9. The molecule has 3 aromatic rings. The number of thioether (sulfide) groups is 1. The minimum absolute atomic E-state index is 0.0227. The number of carbonyl (C=O) groups is 2. The molecule has 36 heavy (non-hydrogen) atoms. The molecule has 2 amide bonds. The molecule has 10 heteroatoms. The van der Waals surface area contributed by atoms with Crippen molar-refractivity contribution in [2.45, 2.75) is 11.7 Å². The Morgan fingerprint density at radius 2 is 1.94 bits per heavy atom. The van der Waals surface area contributed by atoms with E-state index in [1.54, 1.807) is 61.7 Å². The Morgan fingerprint density at radius 1 is 1.19 bits per heavy atom. The Hall–Kier alpha value is -4.18. The number of carbonyl (C=O) groups excluding carboxylic acids is 2. The van der Waals surface area contributed by atoms with Crippen molar-refractivity contribution in [1.29, 1.82) is 0 Å². The fraction of sp³-hybridized carbons (Fsp3) is 0.154. The maximum atomic E-state index is 13.1. The van der Waals surface area contributed by atoms with Crippen LogP contribution in [-0.4, -0.2) is 47.0 Å². The van der Waals surface area contributed by atoms with Gasteiger partial charge in [0.25, 0.3) is 0 Å². The number of methoxy groups -OCH3 is 1. The Labute approximate surface area is 211 Å². The maximum Gasteiger partial charge on any atom is 0.243 e. The molecule has 0 bridgehead atoms. The van der Waals surface area contributed by atoms with Crippen LogP contribution in [-0.2, 0) is 9.59 Å². The van der Waals surface area contributed by atoms with E-state index >= 15 is 0 Å². The first-order valence-corrected chi connectivity index (χ1v) is 11.8. The van der Waals surface area contributed by atoms with Gasteiger partial charge in [-0.25, -0.2) is 4.39 Å². The predicted molar refractivity (Wildman–Crippen MR) is 139 cm³/mol. The van der Waals surface area contributed by atoms with Crippen molar-refractivity contribution in [1.82, 2.24) is 4.90 Å². The third-order valence-electron chi connectivity index (χ3n) is 5.16. The highest BCUT2D eigenvalue weighted by atomic mass is 32.2. The van der Waals surface area contributed by atoms with Gasteiger partial charge >= 0.3 is 0 Å². The molecular formula is C26H23FN4O4S. The number of nitrogens with zero attached hydrogens (tertiary/aromatic N) is 3. The normalized spacial score (nSPS) is 16.6. The molecule has 0 aliphatic carbocycles. The lowest BCUT2D eigenvalue weighted by molar-refractivity contribution is -0.127. The molecule has 2 aromatic carbocycles. The number of benzene rings is 2. The monoisotopic (exact) mass is 506 g/mol. The van der Waals surface area contributed by atoms with E-state index in [0.717, 1.165) is 5.56 Å². The lowest BCUT2D eigenvalue weighted by atomic mass is 10.2. The summed E-state index contributed by atoms with van der Waals surface area (Å²) in [5.74, 6) is 0.822. The van der Waals surface area contributed by atoms with Crippen LogP contribution in [0.4, 0.5) is 10.1 Å². The van der Waals surface area contributed by atoms with E-state index in [0.29, 0.717) is 28.1 Å². The van der Waals surface area contributed by atoms with Crippen LogP contribution in [0.5, 0.6) is 5.75 Å². The van der Waals surface area contributed by atoms with E-state index in [2.05, 4.69) is 22.1 Å². The predicted octanol–water partition coefficient (Wildman–Crippen LogP) is 4.94. The molecule has 1 N–H and O–H groups in total. The second-order valence-electron chi connectivity index (χ2n) is 7.66. The molecule has 0 saturated carbocycles. The van der Waals surface area contributed by atoms with Crippen molar-refractivity contribution in [3.8, 4) is 17.1 Å². The number of halogens is 1. The van der Waals surface area contributed by atoms with Gasteiger partial charge in [0.2, 0.25) is 11.8 Å². The average Bonchev–Trinajstić information content (AvgIpc) is 3.46. The number of ether oxygens (including phenoxy) is 1. The van der Waals surface area contributed by atoms with Crippen LogP contribution in [0, 0.1) is 5.82 Å². The fourth-order valence-corrected chi connectivity index (χ4v) is 4.50. The van der Waals surface area contributed by atoms with Crippen molar-refractivity contribution in [2.24, 2.45) is 10.2 Å². The molecule has 8 nitrogen and oxygen atoms in total. The molecule has 0 spiro atoms. The largest absolute Gasteiger partial charge is 0.497 e. The first-order valence-electron chi connectivity index (χ1n) is 11.0. The van der Waals surface area contributed by atoms with E-state index in [1.165, 1.54) is 35.0 Å². The Morgan fingerprint density at radius 3 is 2.64 bits per heavy atom. The topological polar surface area (TPSA) is 96.5 Å². The van der Waals surface area contributed by atoms with Crippen molar-refractivity contribution in [3.63, 3.8) is 0 Å². The summed E-state index contributed by atoms with van der Waals surface area (Å²) in [6.07, 6.45) is 2.98. The van der Waals surface area contributed by atoms with Gasteiger partial charge in [0, 0.05) is 24.2 Å². The minimum Gasteiger partial charge on any atom is -0.497 e. The molecule has 1 fully saturated rings. The molecule has 1 aromatic heterocycles. The number of rotatable bonds is 9. The average molecular weight is 507 g/mol. The zero-order chi connectivity index (χ0) is 25.5. The van der Waals surface area contributed by atoms with E-state index in [4.69, 9.17) is 9.15 Å². The van der Waals surface area contributed by atoms with Crippen molar-refractivity contribution in [2.75, 3.05) is 19.0 Å². The highest BCUT2D eigenvalue weighted by molar-refractivity contribution is 8.15. The van der Waals surface area contributed by atoms with Gasteiger partial charge in [0.05, 0.1) is 13.3 Å². The molecule has 2 heterocycles. The molecule has 1 aliphatic heterocycles. The van der Waals surface area contributed by atoms with E-state index < -0.39 is 5.25 Å². The summed E-state index contributed by atoms with van der Waals surface area (Å²) in [4.78, 5) is 26.8. The number of amides is 2. The molecule has 184 valence electrons. The summed E-state index contributed by atoms with van der Waals surface area (Å²) in [7, 11) is 1.56. The van der Waals surface area contributed by atoms with E-state index in [9.17, 15) is 14.0 Å². The number of amidine groups is 1. The van der Waals surface area contributed by atoms with Crippen LogP contribution in [0.1, 0.15) is 12.2 Å². The van der Waals surface area contributed by atoms with Crippen LogP contribution in [0.25, 0.3) is 11.3 Å². The van der Waals surface area contributed by atoms with Crippen LogP contribution < -0.4 is 10.1 Å². The Bertz CT molecular complexity index is 1300. The van der Waals surface area contributed by atoms with Crippen molar-refractivity contribution < 1.29 is 23.1 Å². The number of hydrogen-bond donors (Lipinski definition) is 1. The Kier molecular flexibility index (Phi) is 7.96. The quantitative estimate of drug-likeness (QED) is 0.252. The lowest BCUT2D eigenvalue weighted by Crippen LogP contribution is -2.33. The molecule has 4 rings (SSSR count). The highest BCUT2D eigenvalue weighted by Crippen LogP contribution is 2.30. The second kappa shape index (κ2) is 11.5. The zero-order valence-electron chi connectivity index (χ0n) is 19.4. The van der Waals surface area contributed by atoms with Gasteiger partial charge in [-0.05, 0) is 60.7 Å². The minimum atomic E-state index is -0.633. The summed E-state index contributed by atoms with van der Waals surface area (Å²) < 4.78 is 23.9. The standard InChI is InChI=1S/C26H23FN4O4S/c1-3-14-31-25(33)23(15-24(32)29-19-8-10-20(34-2)11-9-19)36-26(31)30-28-16-21-12-13-22(35-21)17-4-6-18(27)7-5-17/h3-13,16,23H,1,14-15H2,2H3,(H,29,32)/b28-16+,30-26-. The highest BCUT2D eigenvalue weighted by Gasteiger charge is 2.38. The summed E-state index contributed by atoms with van der Waals surface area (Å²) in [6, 6.07) is 16.3. The number of anilines is 1. The summed E-state index contributed by atoms with van der Waals surface area (Å²) >= 11 is 1.17. The molecule has 1 unspecified atom stereocenters. The van der Waals surface area contributed by atoms with Crippen LogP contribution in [0.15, 0.2) is 87.9 Å². The third kappa shape index (κ3) is 6.08. The summed E-state index contributed by atoms with van der Waals surface area (Å²) in [5, 5.41) is 10.7. The SMILES string of the molecule is C=CCN1C(=O)C(CC(=O)Nc2ccc(OC)cc2)S/C1=N\N=C\c1ccc(-c2ccc(F)cc2)o1. The molecule has 0 radical (unpaired) electrons. The molecule has 1 atom stereocenters. The van der Waals surface area contributed by atoms with Gasteiger partial charge in [-0.15, -0.1) is 11.7 Å². The summed E-state index contributed by atoms with van der Waals surface area (Å²) in [5.41, 5.74) is 1.34. The lowest BCUT2D eigenvalue weighted by Gasteiger charge is -2.12. The van der Waals surface area contributed by atoms with Gasteiger partial charge in [0.1, 0.15) is 28.3 Å². The zero-order valence-corrected chi connectivity index (χ0v) is 20.2. The van der Waals surface area contributed by atoms with Gasteiger partial charge < -0.3 is 14.5 Å². The maximum absolute atomic E-state index is 13.1. The van der Waals surface area contributed by atoms with Crippen LogP contribution >= 0.6 is 11.8 Å². The van der Waals surface area contributed by atoms with Crippen molar-refractivity contribution >= 4 is 40.6 Å². The van der Waals surface area contributed by atoms with Gasteiger partial charge in [-0.3, -0.25) is 14.5 Å². The molecule has 1 saturated heterocycles. The van der Waals surface area contributed by atoms with Crippen LogP contribution in [0.3, 0.4) is 0 Å². The number of furan rings is 1. The third-order valence-corrected chi connectivity index (χ3v) is 6.33. The van der Waals surface area contributed by atoms with E-state index in [1.807, 2.05) is 0 Å². The van der Waals surface area contributed by atoms with Gasteiger partial charge in [-0.1, -0.05) is 17.8 Å². The van der Waals surface area contributed by atoms with E-state index in [-0.39, 0.29) is 30.6 Å². The smallest absolute Gasteiger partial charge is 0.243 e. The van der Waals surface area contributed by atoms with Crippen molar-refractivity contribution in [3.05, 3.63) is 84.9 Å². The first-order chi connectivity index (χ1) is 17.5. The van der Waals surface area contributed by atoms with Gasteiger partial charge in [0.15, 0.2) is 5.17 Å².